The lowest BCUT2D eigenvalue weighted by atomic mass is 10.2. The number of aromatic nitrogens is 2. The third-order valence-electron chi connectivity index (χ3n) is 2.74. The molecule has 0 aliphatic heterocycles. The smallest absolute Gasteiger partial charge is 0.137 e. The average Bonchev–Trinajstić information content (AvgIpc) is 2.37. The number of nitrogens with two attached hydrogens (primary N) is 1. The molecule has 0 bridgehead atoms. The summed E-state index contributed by atoms with van der Waals surface area (Å²) in [7, 11) is 3.39. The predicted molar refractivity (Wildman–Crippen MR) is 71.8 cm³/mol. The lowest BCUT2D eigenvalue weighted by molar-refractivity contribution is 0.191. The Hall–Kier alpha value is -1.40. The first-order valence-electron chi connectivity index (χ1n) is 6.00. The van der Waals surface area contributed by atoms with Crippen molar-refractivity contribution in [2.45, 2.75) is 13.3 Å². The number of hydrogen-bond acceptors (Lipinski definition) is 6. The van der Waals surface area contributed by atoms with Crippen LogP contribution in [-0.4, -0.2) is 50.5 Å². The van der Waals surface area contributed by atoms with Crippen LogP contribution in [0.4, 0.5) is 11.6 Å². The molecule has 0 aliphatic carbocycles. The van der Waals surface area contributed by atoms with Crippen molar-refractivity contribution in [3.05, 3.63) is 11.9 Å². The standard InChI is InChI=1S/C12H22N4O2/c1-10-11(13)14-9-15-12(10)16(6-8-18-3)5-4-7-17-2/h9H,4-8H2,1-3H3,(H2,13,14,15). The first kappa shape index (κ1) is 14.7. The maximum Gasteiger partial charge on any atom is 0.137 e. The Morgan fingerprint density at radius 2 is 1.89 bits per heavy atom. The van der Waals surface area contributed by atoms with Gasteiger partial charge in [-0.3, -0.25) is 0 Å². The Balaban J connectivity index is 2.76. The monoisotopic (exact) mass is 254 g/mol. The minimum Gasteiger partial charge on any atom is -0.385 e. The normalized spacial score (nSPS) is 10.6. The van der Waals surface area contributed by atoms with Gasteiger partial charge in [0.2, 0.25) is 0 Å². The summed E-state index contributed by atoms with van der Waals surface area (Å²) < 4.78 is 10.2. The highest BCUT2D eigenvalue weighted by atomic mass is 16.5. The molecule has 0 radical (unpaired) electrons. The highest BCUT2D eigenvalue weighted by Crippen LogP contribution is 2.19. The molecule has 0 aliphatic rings. The summed E-state index contributed by atoms with van der Waals surface area (Å²) in [6, 6.07) is 0. The van der Waals surface area contributed by atoms with Crippen LogP contribution >= 0.6 is 0 Å². The molecular weight excluding hydrogens is 232 g/mol. The highest BCUT2D eigenvalue weighted by Gasteiger charge is 2.12. The Morgan fingerprint density at radius 3 is 2.56 bits per heavy atom. The van der Waals surface area contributed by atoms with Gasteiger partial charge in [0, 0.05) is 39.5 Å². The minimum atomic E-state index is 0.522. The van der Waals surface area contributed by atoms with Crippen LogP contribution in [-0.2, 0) is 9.47 Å². The number of hydrogen-bond donors (Lipinski definition) is 1. The highest BCUT2D eigenvalue weighted by molar-refractivity contribution is 5.55. The second-order valence-electron chi connectivity index (χ2n) is 4.03. The van der Waals surface area contributed by atoms with Crippen molar-refractivity contribution < 1.29 is 9.47 Å². The summed E-state index contributed by atoms with van der Waals surface area (Å²) in [5.41, 5.74) is 6.72. The average molecular weight is 254 g/mol. The van der Waals surface area contributed by atoms with Gasteiger partial charge in [-0.15, -0.1) is 0 Å². The van der Waals surface area contributed by atoms with E-state index in [0.717, 1.165) is 37.5 Å². The van der Waals surface area contributed by atoms with Gasteiger partial charge in [-0.2, -0.15) is 0 Å². The SMILES string of the molecule is COCCCN(CCOC)c1ncnc(N)c1C. The molecule has 1 aromatic rings. The van der Waals surface area contributed by atoms with Gasteiger partial charge in [-0.05, 0) is 13.3 Å². The summed E-state index contributed by atoms with van der Waals surface area (Å²) in [4.78, 5) is 10.4. The lowest BCUT2D eigenvalue weighted by Crippen LogP contribution is -2.30. The molecule has 0 aromatic carbocycles. The first-order valence-corrected chi connectivity index (χ1v) is 6.00. The summed E-state index contributed by atoms with van der Waals surface area (Å²) in [5, 5.41) is 0. The number of nitrogen functional groups attached to an aromatic ring is 1. The van der Waals surface area contributed by atoms with Crippen LogP contribution in [0, 0.1) is 6.92 Å². The molecule has 0 unspecified atom stereocenters. The Morgan fingerprint density at radius 1 is 1.17 bits per heavy atom. The fourth-order valence-electron chi connectivity index (χ4n) is 1.70. The molecule has 0 atom stereocenters. The molecule has 0 saturated heterocycles. The molecule has 1 aromatic heterocycles. The van der Waals surface area contributed by atoms with E-state index < -0.39 is 0 Å². The summed E-state index contributed by atoms with van der Waals surface area (Å²) in [6.45, 7) is 4.94. The van der Waals surface area contributed by atoms with Gasteiger partial charge >= 0.3 is 0 Å². The van der Waals surface area contributed by atoms with Gasteiger partial charge in [0.15, 0.2) is 0 Å². The van der Waals surface area contributed by atoms with Crippen LogP contribution in [0.1, 0.15) is 12.0 Å². The molecule has 0 amide bonds. The fraction of sp³-hybridized carbons (Fsp3) is 0.667. The van der Waals surface area contributed by atoms with E-state index in [1.165, 1.54) is 6.33 Å². The molecule has 2 N–H and O–H groups in total. The third kappa shape index (κ3) is 4.12. The maximum atomic E-state index is 5.81. The van der Waals surface area contributed by atoms with Gasteiger partial charge in [0.05, 0.1) is 6.61 Å². The molecule has 102 valence electrons. The van der Waals surface area contributed by atoms with Crippen molar-refractivity contribution in [1.29, 1.82) is 0 Å². The van der Waals surface area contributed by atoms with E-state index in [-0.39, 0.29) is 0 Å². The van der Waals surface area contributed by atoms with Crippen LogP contribution in [0.2, 0.25) is 0 Å². The quantitative estimate of drug-likeness (QED) is 0.693. The van der Waals surface area contributed by atoms with Gasteiger partial charge in [0.25, 0.3) is 0 Å². The zero-order valence-electron chi connectivity index (χ0n) is 11.3. The third-order valence-corrected chi connectivity index (χ3v) is 2.74. The van der Waals surface area contributed by atoms with Crippen LogP contribution < -0.4 is 10.6 Å². The predicted octanol–water partition coefficient (Wildman–Crippen LogP) is 0.857. The van der Waals surface area contributed by atoms with Crippen LogP contribution in [0.25, 0.3) is 0 Å². The van der Waals surface area contributed by atoms with E-state index in [4.69, 9.17) is 15.2 Å². The molecule has 0 spiro atoms. The second kappa shape index (κ2) is 7.84. The van der Waals surface area contributed by atoms with Crippen molar-refractivity contribution in [3.63, 3.8) is 0 Å². The number of ether oxygens (including phenoxy) is 2. The van der Waals surface area contributed by atoms with Crippen molar-refractivity contribution in [3.8, 4) is 0 Å². The van der Waals surface area contributed by atoms with Gasteiger partial charge in [-0.1, -0.05) is 0 Å². The molecule has 1 heterocycles. The van der Waals surface area contributed by atoms with Gasteiger partial charge in [-0.25, -0.2) is 9.97 Å². The van der Waals surface area contributed by atoms with Crippen LogP contribution in [0.3, 0.4) is 0 Å². The van der Waals surface area contributed by atoms with Crippen molar-refractivity contribution in [1.82, 2.24) is 9.97 Å². The van der Waals surface area contributed by atoms with Crippen molar-refractivity contribution in [2.24, 2.45) is 0 Å². The number of nitrogens with zero attached hydrogens (tertiary/aromatic N) is 3. The van der Waals surface area contributed by atoms with E-state index in [1.54, 1.807) is 14.2 Å². The maximum absolute atomic E-state index is 5.81. The largest absolute Gasteiger partial charge is 0.385 e. The summed E-state index contributed by atoms with van der Waals surface area (Å²) in [6.07, 6.45) is 2.43. The van der Waals surface area contributed by atoms with Crippen LogP contribution in [0.5, 0.6) is 0 Å². The van der Waals surface area contributed by atoms with Gasteiger partial charge < -0.3 is 20.1 Å². The van der Waals surface area contributed by atoms with Crippen molar-refractivity contribution in [2.75, 3.05) is 51.2 Å². The van der Waals surface area contributed by atoms with E-state index in [1.807, 2.05) is 6.92 Å². The number of rotatable bonds is 8. The van der Waals surface area contributed by atoms with Gasteiger partial charge in [0.1, 0.15) is 18.0 Å². The molecule has 0 fully saturated rings. The van der Waals surface area contributed by atoms with E-state index in [9.17, 15) is 0 Å². The zero-order valence-corrected chi connectivity index (χ0v) is 11.3. The fourth-order valence-corrected chi connectivity index (χ4v) is 1.70. The molecule has 18 heavy (non-hydrogen) atoms. The number of anilines is 2. The summed E-state index contributed by atoms with van der Waals surface area (Å²) in [5.74, 6) is 1.39. The van der Waals surface area contributed by atoms with E-state index >= 15 is 0 Å². The van der Waals surface area contributed by atoms with Crippen molar-refractivity contribution >= 4 is 11.6 Å². The number of methoxy groups -OCH3 is 2. The van der Waals surface area contributed by atoms with E-state index in [0.29, 0.717) is 12.4 Å². The molecule has 0 saturated carbocycles. The lowest BCUT2D eigenvalue weighted by Gasteiger charge is -2.25. The molecule has 1 rings (SSSR count). The first-order chi connectivity index (χ1) is 8.70. The molecular formula is C12H22N4O2. The molecule has 6 nitrogen and oxygen atoms in total. The van der Waals surface area contributed by atoms with Crippen LogP contribution in [0.15, 0.2) is 6.33 Å². The summed E-state index contributed by atoms with van der Waals surface area (Å²) >= 11 is 0. The topological polar surface area (TPSA) is 73.5 Å². The van der Waals surface area contributed by atoms with E-state index in [2.05, 4.69) is 14.9 Å². The minimum absolute atomic E-state index is 0.522. The second-order valence-corrected chi connectivity index (χ2v) is 4.03. The Bertz CT molecular complexity index is 360. The zero-order chi connectivity index (χ0) is 13.4. The Labute approximate surface area is 108 Å². The Kier molecular flexibility index (Phi) is 6.38. The molecule has 6 heteroatoms.